The molecule has 1 aliphatic heterocycles. The van der Waals surface area contributed by atoms with E-state index in [-0.39, 0.29) is 23.6 Å². The maximum atomic E-state index is 14.5. The number of anilines is 1. The number of primary amides is 1. The molecule has 44 heavy (non-hydrogen) atoms. The van der Waals surface area contributed by atoms with Crippen molar-refractivity contribution in [1.29, 1.82) is 0 Å². The number of fused-ring (bicyclic) bond motifs is 3. The third-order valence-corrected chi connectivity index (χ3v) is 11.6. The van der Waals surface area contributed by atoms with Crippen LogP contribution >= 0.6 is 0 Å². The molecule has 0 bridgehead atoms. The van der Waals surface area contributed by atoms with Crippen molar-refractivity contribution < 1.29 is 22.4 Å². The molecule has 4 N–H and O–H groups in total. The lowest BCUT2D eigenvalue weighted by atomic mass is 9.78. The Bertz CT molecular complexity index is 1670. The van der Waals surface area contributed by atoms with Gasteiger partial charge in [-0.2, -0.15) is 0 Å². The maximum absolute atomic E-state index is 14.5. The van der Waals surface area contributed by atoms with Gasteiger partial charge in [0.2, 0.25) is 15.9 Å². The molecule has 238 valence electrons. The van der Waals surface area contributed by atoms with Gasteiger partial charge in [-0.3, -0.25) is 9.59 Å². The van der Waals surface area contributed by atoms with E-state index in [0.29, 0.717) is 53.7 Å². The van der Waals surface area contributed by atoms with E-state index in [0.717, 1.165) is 43.4 Å². The van der Waals surface area contributed by atoms with Gasteiger partial charge in [-0.05, 0) is 100 Å². The number of carbonyl (C=O) groups is 2. The average Bonchev–Trinajstić information content (AvgIpc) is 3.30. The second-order valence-corrected chi connectivity index (χ2v) is 14.6. The molecule has 1 aliphatic carbocycles. The summed E-state index contributed by atoms with van der Waals surface area (Å²) < 4.78 is 43.3. The minimum Gasteiger partial charge on any atom is -0.382 e. The first-order chi connectivity index (χ1) is 20.9. The summed E-state index contributed by atoms with van der Waals surface area (Å²) in [7, 11) is 0.183. The third kappa shape index (κ3) is 6.21. The fraction of sp³-hybridized carbons (Fsp3) is 0.515. The average molecular weight is 626 g/mol. The van der Waals surface area contributed by atoms with Crippen LogP contribution in [-0.2, 0) is 21.2 Å². The van der Waals surface area contributed by atoms with Gasteiger partial charge >= 0.3 is 0 Å². The molecule has 3 aromatic rings. The van der Waals surface area contributed by atoms with Crippen LogP contribution in [0.2, 0.25) is 0 Å². The Balaban J connectivity index is 1.49. The molecule has 2 amide bonds. The second-order valence-electron chi connectivity index (χ2n) is 12.8. The molecular weight excluding hydrogens is 581 g/mol. The van der Waals surface area contributed by atoms with Crippen molar-refractivity contribution in [3.05, 3.63) is 53.5 Å². The first-order valence-electron chi connectivity index (χ1n) is 15.6. The van der Waals surface area contributed by atoms with Crippen LogP contribution in [0.4, 0.5) is 10.1 Å². The zero-order chi connectivity index (χ0) is 31.8. The van der Waals surface area contributed by atoms with Crippen LogP contribution in [0, 0.1) is 17.2 Å². The largest absolute Gasteiger partial charge is 0.382 e. The molecule has 11 heteroatoms. The lowest BCUT2D eigenvalue weighted by Crippen LogP contribution is -2.40. The lowest BCUT2D eigenvalue weighted by Gasteiger charge is -2.36. The van der Waals surface area contributed by atoms with Crippen LogP contribution in [0.3, 0.4) is 0 Å². The zero-order valence-corrected chi connectivity index (χ0v) is 26.9. The molecule has 0 spiro atoms. The first kappa shape index (κ1) is 32.0. The van der Waals surface area contributed by atoms with Crippen molar-refractivity contribution in [1.82, 2.24) is 14.2 Å². The summed E-state index contributed by atoms with van der Waals surface area (Å²) in [6, 6.07) is 9.64. The molecule has 0 atom stereocenters. The summed E-state index contributed by atoms with van der Waals surface area (Å²) in [6.07, 6.45) is 4.90. The fourth-order valence-electron chi connectivity index (χ4n) is 6.95. The van der Waals surface area contributed by atoms with Crippen molar-refractivity contribution >= 4 is 38.4 Å². The molecular formula is C33H44FN5O4S. The number of aromatic nitrogens is 1. The van der Waals surface area contributed by atoms with Crippen LogP contribution in [-0.4, -0.2) is 68.1 Å². The number of benzene rings is 2. The molecule has 1 fully saturated rings. The van der Waals surface area contributed by atoms with Crippen molar-refractivity contribution in [2.24, 2.45) is 17.1 Å². The fourth-order valence-corrected chi connectivity index (χ4v) is 9.31. The number of likely N-dealkylation sites (N-methyl/N-ethyl adjacent to an activating group) is 1. The summed E-state index contributed by atoms with van der Waals surface area (Å²) in [5.41, 5.74) is 8.69. The number of carbonyl (C=O) groups excluding carboxylic acids is 2. The van der Waals surface area contributed by atoms with E-state index in [1.165, 1.54) is 16.1 Å². The number of hydrogen-bond acceptors (Lipinski definition) is 6. The topological polar surface area (TPSA) is 127 Å². The van der Waals surface area contributed by atoms with Crippen LogP contribution in [0.25, 0.3) is 22.0 Å². The Morgan fingerprint density at radius 3 is 2.41 bits per heavy atom. The highest BCUT2D eigenvalue weighted by Gasteiger charge is 2.42. The summed E-state index contributed by atoms with van der Waals surface area (Å²) in [6.45, 7) is 5.43. The number of amides is 2. The first-order valence-corrected chi connectivity index (χ1v) is 17.2. The standard InChI is InChI=1S/C33H44FN5O4S/c1-5-33(6-2)19-29-30(26-14-10-23(34)18-28(26)39(29)44(42,43)20-33)22-9-13-25(31(35)40)27(17-22)37-24-11-7-21(8-12-24)32(41)36-15-16-38(3)4/h9-10,13-14,17-18,21,24,37H,5-8,11-12,15-16,19-20H2,1-4H3,(H2,35,40)(H,36,41). The van der Waals surface area contributed by atoms with Gasteiger partial charge in [-0.15, -0.1) is 0 Å². The summed E-state index contributed by atoms with van der Waals surface area (Å²) in [4.78, 5) is 27.2. The van der Waals surface area contributed by atoms with E-state index in [9.17, 15) is 22.4 Å². The molecule has 0 saturated heterocycles. The smallest absolute Gasteiger partial charge is 0.250 e. The van der Waals surface area contributed by atoms with E-state index in [4.69, 9.17) is 5.73 Å². The Labute approximate surface area is 259 Å². The van der Waals surface area contributed by atoms with Gasteiger partial charge in [0.25, 0.3) is 5.91 Å². The molecule has 5 rings (SSSR count). The number of nitrogens with one attached hydrogen (secondary N) is 2. The molecule has 2 aromatic carbocycles. The highest BCUT2D eigenvalue weighted by Crippen LogP contribution is 2.46. The summed E-state index contributed by atoms with van der Waals surface area (Å²) in [5.74, 6) is -1.04. The van der Waals surface area contributed by atoms with Crippen LogP contribution < -0.4 is 16.4 Å². The summed E-state index contributed by atoms with van der Waals surface area (Å²) >= 11 is 0. The molecule has 9 nitrogen and oxygen atoms in total. The Morgan fingerprint density at radius 1 is 1.07 bits per heavy atom. The van der Waals surface area contributed by atoms with Gasteiger partial charge in [0.15, 0.2) is 0 Å². The SMILES string of the molecule is CCC1(CC)Cc2c(-c3ccc(C(N)=O)c(NC4CCC(C(=O)NCCN(C)C)CC4)c3)c3ccc(F)cc3n2S(=O)(=O)C1. The van der Waals surface area contributed by atoms with Gasteiger partial charge in [-0.25, -0.2) is 16.8 Å². The quantitative estimate of drug-likeness (QED) is 0.299. The second kappa shape index (κ2) is 12.5. The maximum Gasteiger partial charge on any atom is 0.250 e. The van der Waals surface area contributed by atoms with Crippen molar-refractivity contribution in [3.8, 4) is 11.1 Å². The van der Waals surface area contributed by atoms with Crippen molar-refractivity contribution in [2.75, 3.05) is 38.3 Å². The van der Waals surface area contributed by atoms with E-state index < -0.39 is 27.2 Å². The molecule has 2 heterocycles. The monoisotopic (exact) mass is 625 g/mol. The summed E-state index contributed by atoms with van der Waals surface area (Å²) in [5, 5.41) is 7.19. The normalized spacial score (nSPS) is 20.8. The Morgan fingerprint density at radius 2 is 1.77 bits per heavy atom. The number of nitrogens with two attached hydrogens (primary N) is 1. The van der Waals surface area contributed by atoms with Crippen molar-refractivity contribution in [3.63, 3.8) is 0 Å². The van der Waals surface area contributed by atoms with E-state index in [1.54, 1.807) is 18.2 Å². The van der Waals surface area contributed by atoms with Gasteiger partial charge < -0.3 is 21.3 Å². The Hall–Kier alpha value is -3.44. The minimum absolute atomic E-state index is 0.00347. The van der Waals surface area contributed by atoms with Gasteiger partial charge in [-0.1, -0.05) is 19.9 Å². The van der Waals surface area contributed by atoms with E-state index in [2.05, 4.69) is 10.6 Å². The van der Waals surface area contributed by atoms with Crippen LogP contribution in [0.15, 0.2) is 36.4 Å². The highest BCUT2D eigenvalue weighted by atomic mass is 32.2. The number of rotatable bonds is 10. The molecule has 2 aliphatic rings. The lowest BCUT2D eigenvalue weighted by molar-refractivity contribution is -0.126. The van der Waals surface area contributed by atoms with Crippen molar-refractivity contribution in [2.45, 2.75) is 64.8 Å². The van der Waals surface area contributed by atoms with Crippen LogP contribution in [0.1, 0.15) is 68.4 Å². The van der Waals surface area contributed by atoms with Gasteiger partial charge in [0.1, 0.15) is 5.82 Å². The van der Waals surface area contributed by atoms with Crippen LogP contribution in [0.5, 0.6) is 0 Å². The third-order valence-electron chi connectivity index (χ3n) is 9.68. The molecule has 1 saturated carbocycles. The zero-order valence-electron chi connectivity index (χ0n) is 26.1. The molecule has 0 radical (unpaired) electrons. The minimum atomic E-state index is -3.76. The number of halogens is 1. The van der Waals surface area contributed by atoms with Gasteiger partial charge in [0, 0.05) is 47.4 Å². The van der Waals surface area contributed by atoms with Gasteiger partial charge in [0.05, 0.1) is 16.8 Å². The predicted octanol–water partition coefficient (Wildman–Crippen LogP) is 4.74. The number of nitrogens with zero attached hydrogens (tertiary/aromatic N) is 2. The van der Waals surface area contributed by atoms with E-state index >= 15 is 0 Å². The number of hydrogen-bond donors (Lipinski definition) is 3. The predicted molar refractivity (Wildman–Crippen MR) is 173 cm³/mol. The Kier molecular flexibility index (Phi) is 9.09. The molecule has 1 aromatic heterocycles. The highest BCUT2D eigenvalue weighted by molar-refractivity contribution is 7.90. The van der Waals surface area contributed by atoms with E-state index in [1.807, 2.05) is 38.9 Å². The molecule has 0 unspecified atom stereocenters.